The standard InChI is InChI=1S/C19H29N3O2.ClH/c1-14(16-8-10-21-11-9-16)12-19(24)22(13-18(20)23)15(2)17-6-4-3-5-7-17;/h3-7,14-16,21H,8-13H2,1-2H3,(H2,20,23);1H/t14?,15-;/m1./s1. The number of nitrogens with zero attached hydrogens (tertiary/aromatic N) is 1. The van der Waals surface area contributed by atoms with Crippen LogP contribution in [0.3, 0.4) is 0 Å². The van der Waals surface area contributed by atoms with Gasteiger partial charge in [0.25, 0.3) is 0 Å². The molecule has 2 atom stereocenters. The first kappa shape index (κ1) is 21.5. The molecule has 1 heterocycles. The third-order valence-electron chi connectivity index (χ3n) is 5.08. The minimum atomic E-state index is -0.472. The Morgan fingerprint density at radius 1 is 1.20 bits per heavy atom. The molecule has 5 nitrogen and oxygen atoms in total. The van der Waals surface area contributed by atoms with E-state index in [1.165, 1.54) is 0 Å². The maximum Gasteiger partial charge on any atom is 0.237 e. The molecular formula is C19H30ClN3O2. The van der Waals surface area contributed by atoms with Gasteiger partial charge in [0, 0.05) is 6.42 Å². The van der Waals surface area contributed by atoms with Crippen molar-refractivity contribution < 1.29 is 9.59 Å². The molecule has 1 aromatic rings. The number of hydrogen-bond acceptors (Lipinski definition) is 3. The van der Waals surface area contributed by atoms with E-state index in [1.54, 1.807) is 4.90 Å². The van der Waals surface area contributed by atoms with E-state index in [2.05, 4.69) is 12.2 Å². The van der Waals surface area contributed by atoms with Crippen LogP contribution in [-0.4, -0.2) is 36.3 Å². The molecule has 1 aliphatic rings. The molecule has 1 unspecified atom stereocenters. The Hall–Kier alpha value is -1.59. The molecule has 0 aromatic heterocycles. The molecule has 0 bridgehead atoms. The van der Waals surface area contributed by atoms with Gasteiger partial charge in [-0.2, -0.15) is 0 Å². The molecule has 2 amide bonds. The summed E-state index contributed by atoms with van der Waals surface area (Å²) in [5.74, 6) is 0.424. The van der Waals surface area contributed by atoms with Gasteiger partial charge >= 0.3 is 0 Å². The number of primary amides is 1. The fourth-order valence-electron chi connectivity index (χ4n) is 3.49. The third kappa shape index (κ3) is 6.33. The Labute approximate surface area is 156 Å². The fraction of sp³-hybridized carbons (Fsp3) is 0.579. The number of rotatable bonds is 7. The van der Waals surface area contributed by atoms with E-state index in [1.807, 2.05) is 37.3 Å². The summed E-state index contributed by atoms with van der Waals surface area (Å²) in [6.45, 7) is 6.10. The Balaban J connectivity index is 0.00000312. The molecule has 1 aromatic carbocycles. The quantitative estimate of drug-likeness (QED) is 0.777. The summed E-state index contributed by atoms with van der Waals surface area (Å²) in [7, 11) is 0. The largest absolute Gasteiger partial charge is 0.368 e. The maximum atomic E-state index is 12.8. The van der Waals surface area contributed by atoms with Crippen LogP contribution in [0, 0.1) is 11.8 Å². The number of hydrogen-bond donors (Lipinski definition) is 2. The summed E-state index contributed by atoms with van der Waals surface area (Å²) >= 11 is 0. The van der Waals surface area contributed by atoms with Crippen molar-refractivity contribution in [1.29, 1.82) is 0 Å². The second kappa shape index (κ2) is 10.4. The molecule has 0 saturated carbocycles. The minimum absolute atomic E-state index is 0. The van der Waals surface area contributed by atoms with Crippen LogP contribution in [0.4, 0.5) is 0 Å². The molecule has 1 fully saturated rings. The van der Waals surface area contributed by atoms with Gasteiger partial charge in [0.05, 0.1) is 12.6 Å². The topological polar surface area (TPSA) is 75.4 Å². The monoisotopic (exact) mass is 367 g/mol. The van der Waals surface area contributed by atoms with E-state index in [4.69, 9.17) is 5.73 Å². The highest BCUT2D eigenvalue weighted by atomic mass is 35.5. The molecule has 0 aliphatic carbocycles. The summed E-state index contributed by atoms with van der Waals surface area (Å²) in [6, 6.07) is 9.61. The van der Waals surface area contributed by atoms with Crippen LogP contribution in [-0.2, 0) is 9.59 Å². The fourth-order valence-corrected chi connectivity index (χ4v) is 3.49. The Bertz CT molecular complexity index is 547. The van der Waals surface area contributed by atoms with Crippen LogP contribution in [0.2, 0.25) is 0 Å². The molecule has 6 heteroatoms. The van der Waals surface area contributed by atoms with Crippen LogP contribution in [0.25, 0.3) is 0 Å². The Morgan fingerprint density at radius 3 is 2.36 bits per heavy atom. The average Bonchev–Trinajstić information content (AvgIpc) is 2.60. The van der Waals surface area contributed by atoms with Gasteiger partial charge in [0.1, 0.15) is 0 Å². The van der Waals surface area contributed by atoms with Crippen molar-refractivity contribution in [1.82, 2.24) is 10.2 Å². The molecule has 0 spiro atoms. The number of nitrogens with two attached hydrogens (primary N) is 1. The van der Waals surface area contributed by atoms with Gasteiger partial charge in [-0.1, -0.05) is 37.3 Å². The van der Waals surface area contributed by atoms with Crippen LogP contribution < -0.4 is 11.1 Å². The highest BCUT2D eigenvalue weighted by molar-refractivity contribution is 5.85. The summed E-state index contributed by atoms with van der Waals surface area (Å²) in [4.78, 5) is 25.9. The third-order valence-corrected chi connectivity index (χ3v) is 5.08. The van der Waals surface area contributed by atoms with Crippen LogP contribution in [0.1, 0.15) is 44.7 Å². The number of carbonyl (C=O) groups is 2. The molecule has 25 heavy (non-hydrogen) atoms. The summed E-state index contributed by atoms with van der Waals surface area (Å²) in [5.41, 5.74) is 6.39. The first-order chi connectivity index (χ1) is 11.5. The number of nitrogens with one attached hydrogen (secondary N) is 1. The zero-order chi connectivity index (χ0) is 17.5. The van der Waals surface area contributed by atoms with Crippen molar-refractivity contribution in [2.24, 2.45) is 17.6 Å². The minimum Gasteiger partial charge on any atom is -0.368 e. The zero-order valence-electron chi connectivity index (χ0n) is 15.1. The van der Waals surface area contributed by atoms with E-state index in [-0.39, 0.29) is 30.9 Å². The maximum absolute atomic E-state index is 12.8. The smallest absolute Gasteiger partial charge is 0.237 e. The highest BCUT2D eigenvalue weighted by Crippen LogP contribution is 2.27. The summed E-state index contributed by atoms with van der Waals surface area (Å²) in [5, 5.41) is 3.35. The van der Waals surface area contributed by atoms with Crippen molar-refractivity contribution in [2.45, 2.75) is 39.2 Å². The SMILES string of the molecule is CC(CC(=O)N(CC(N)=O)[C@H](C)c1ccccc1)C1CCNCC1.Cl. The van der Waals surface area contributed by atoms with Gasteiger partial charge in [-0.25, -0.2) is 0 Å². The van der Waals surface area contributed by atoms with E-state index in [9.17, 15) is 9.59 Å². The first-order valence-electron chi connectivity index (χ1n) is 8.82. The molecule has 1 aliphatic heterocycles. The number of piperidine rings is 1. The van der Waals surface area contributed by atoms with E-state index in [0.29, 0.717) is 18.3 Å². The van der Waals surface area contributed by atoms with Crippen molar-refractivity contribution >= 4 is 24.2 Å². The molecule has 2 rings (SSSR count). The lowest BCUT2D eigenvalue weighted by Crippen LogP contribution is -2.41. The van der Waals surface area contributed by atoms with Gasteiger partial charge in [-0.15, -0.1) is 12.4 Å². The highest BCUT2D eigenvalue weighted by Gasteiger charge is 2.27. The van der Waals surface area contributed by atoms with Gasteiger partial charge in [-0.05, 0) is 50.3 Å². The Kier molecular flexibility index (Phi) is 8.93. The number of benzene rings is 1. The zero-order valence-corrected chi connectivity index (χ0v) is 15.9. The van der Waals surface area contributed by atoms with Gasteiger partial charge < -0.3 is 16.0 Å². The van der Waals surface area contributed by atoms with Gasteiger partial charge in [0.15, 0.2) is 0 Å². The van der Waals surface area contributed by atoms with Crippen molar-refractivity contribution in [3.63, 3.8) is 0 Å². The lowest BCUT2D eigenvalue weighted by atomic mass is 9.84. The molecule has 140 valence electrons. The van der Waals surface area contributed by atoms with Crippen molar-refractivity contribution in [2.75, 3.05) is 19.6 Å². The number of carbonyl (C=O) groups excluding carboxylic acids is 2. The number of halogens is 1. The molecule has 3 N–H and O–H groups in total. The van der Waals surface area contributed by atoms with Crippen LogP contribution >= 0.6 is 12.4 Å². The second-order valence-corrected chi connectivity index (χ2v) is 6.84. The molecular weight excluding hydrogens is 338 g/mol. The Morgan fingerprint density at radius 2 is 1.80 bits per heavy atom. The van der Waals surface area contributed by atoms with Gasteiger partial charge in [-0.3, -0.25) is 9.59 Å². The lowest BCUT2D eigenvalue weighted by Gasteiger charge is -2.32. The predicted molar refractivity (Wildman–Crippen MR) is 102 cm³/mol. The first-order valence-corrected chi connectivity index (χ1v) is 8.82. The second-order valence-electron chi connectivity index (χ2n) is 6.84. The lowest BCUT2D eigenvalue weighted by molar-refractivity contribution is -0.138. The summed E-state index contributed by atoms with van der Waals surface area (Å²) in [6.07, 6.45) is 2.69. The van der Waals surface area contributed by atoms with E-state index >= 15 is 0 Å². The molecule has 0 radical (unpaired) electrons. The van der Waals surface area contributed by atoms with Gasteiger partial charge in [0.2, 0.25) is 11.8 Å². The predicted octanol–water partition coefficient (Wildman–Crippen LogP) is 2.51. The summed E-state index contributed by atoms with van der Waals surface area (Å²) < 4.78 is 0. The van der Waals surface area contributed by atoms with E-state index < -0.39 is 5.91 Å². The van der Waals surface area contributed by atoms with Crippen molar-refractivity contribution in [3.8, 4) is 0 Å². The number of amides is 2. The van der Waals surface area contributed by atoms with Crippen LogP contribution in [0.5, 0.6) is 0 Å². The van der Waals surface area contributed by atoms with E-state index in [0.717, 1.165) is 31.5 Å². The van der Waals surface area contributed by atoms with Crippen molar-refractivity contribution in [3.05, 3.63) is 35.9 Å². The molecule has 1 saturated heterocycles. The van der Waals surface area contributed by atoms with Crippen LogP contribution in [0.15, 0.2) is 30.3 Å². The normalized spacial score (nSPS) is 17.2. The average molecular weight is 368 g/mol.